The van der Waals surface area contributed by atoms with Crippen LogP contribution >= 0.6 is 0 Å². The molecule has 0 aromatic carbocycles. The molecule has 0 aromatic heterocycles. The van der Waals surface area contributed by atoms with E-state index in [2.05, 4.69) is 6.92 Å². The average Bonchev–Trinajstić information content (AvgIpc) is 2.63. The van der Waals surface area contributed by atoms with Gasteiger partial charge in [-0.05, 0) is 18.9 Å². The van der Waals surface area contributed by atoms with Crippen molar-refractivity contribution < 1.29 is 4.79 Å². The highest BCUT2D eigenvalue weighted by molar-refractivity contribution is 5.93. The van der Waals surface area contributed by atoms with Crippen LogP contribution in [0.1, 0.15) is 64.7 Å². The molecule has 0 saturated carbocycles. The van der Waals surface area contributed by atoms with E-state index in [1.807, 2.05) is 6.08 Å². The maximum absolute atomic E-state index is 11.3. The lowest BCUT2D eigenvalue weighted by Crippen LogP contribution is -2.05. The summed E-state index contributed by atoms with van der Waals surface area (Å²) in [5.41, 5.74) is 0. The van der Waals surface area contributed by atoms with Gasteiger partial charge < -0.3 is 0 Å². The fourth-order valence-electron chi connectivity index (χ4n) is 2.21. The normalized spacial score (nSPS) is 20.1. The molecule has 0 amide bonds. The minimum absolute atomic E-state index is 0.334. The van der Waals surface area contributed by atoms with Crippen molar-refractivity contribution in [3.8, 4) is 0 Å². The Morgan fingerprint density at radius 1 is 1.13 bits per heavy atom. The number of rotatable bonds is 8. The Kier molecular flexibility index (Phi) is 6.38. The number of hydrogen-bond donors (Lipinski definition) is 0. The lowest BCUT2D eigenvalue weighted by Gasteiger charge is -2.06. The largest absolute Gasteiger partial charge is 0.295 e. The summed E-state index contributed by atoms with van der Waals surface area (Å²) in [6, 6.07) is 0. The predicted octanol–water partition coefficient (Wildman–Crippen LogP) is 4.27. The van der Waals surface area contributed by atoms with Crippen molar-refractivity contribution >= 4 is 5.78 Å². The summed E-state index contributed by atoms with van der Waals surface area (Å²) in [4.78, 5) is 11.3. The van der Waals surface area contributed by atoms with Crippen molar-refractivity contribution in [3.63, 3.8) is 0 Å². The fourth-order valence-corrected chi connectivity index (χ4v) is 2.21. The Balaban J connectivity index is 1.87. The van der Waals surface area contributed by atoms with E-state index in [1.54, 1.807) is 6.08 Å². The van der Waals surface area contributed by atoms with Crippen LogP contribution in [0.3, 0.4) is 0 Å². The van der Waals surface area contributed by atoms with Crippen LogP contribution in [0, 0.1) is 5.92 Å². The first-order valence-corrected chi connectivity index (χ1v) is 6.55. The quantitative estimate of drug-likeness (QED) is 0.544. The van der Waals surface area contributed by atoms with Gasteiger partial charge in [-0.15, -0.1) is 0 Å². The average molecular weight is 208 g/mol. The van der Waals surface area contributed by atoms with Crippen LogP contribution in [0.25, 0.3) is 0 Å². The standard InChI is InChI=1S/C14H24O/c1-2-3-4-5-6-7-8-10-13-11-9-12-14(13)15/h9,12-13H,2-8,10-11H2,1H3. The second-order valence-electron chi connectivity index (χ2n) is 4.65. The van der Waals surface area contributed by atoms with Gasteiger partial charge in [0, 0.05) is 5.92 Å². The molecular weight excluding hydrogens is 184 g/mol. The van der Waals surface area contributed by atoms with Crippen LogP contribution in [0.15, 0.2) is 12.2 Å². The van der Waals surface area contributed by atoms with Crippen LogP contribution in [0.4, 0.5) is 0 Å². The predicted molar refractivity (Wildman–Crippen MR) is 64.9 cm³/mol. The van der Waals surface area contributed by atoms with E-state index in [-0.39, 0.29) is 0 Å². The van der Waals surface area contributed by atoms with E-state index >= 15 is 0 Å². The molecule has 0 saturated heterocycles. The third-order valence-corrected chi connectivity index (χ3v) is 3.26. The van der Waals surface area contributed by atoms with Gasteiger partial charge in [-0.25, -0.2) is 0 Å². The summed E-state index contributed by atoms with van der Waals surface area (Å²) in [6.45, 7) is 2.25. The van der Waals surface area contributed by atoms with E-state index in [1.165, 1.54) is 44.9 Å². The molecule has 1 atom stereocenters. The molecule has 1 aliphatic carbocycles. The minimum atomic E-state index is 0.334. The summed E-state index contributed by atoms with van der Waals surface area (Å²) < 4.78 is 0. The van der Waals surface area contributed by atoms with Crippen LogP contribution < -0.4 is 0 Å². The second kappa shape index (κ2) is 7.67. The van der Waals surface area contributed by atoms with Gasteiger partial charge in [0.1, 0.15) is 0 Å². The van der Waals surface area contributed by atoms with Crippen molar-refractivity contribution in [2.75, 3.05) is 0 Å². The highest BCUT2D eigenvalue weighted by Gasteiger charge is 2.18. The first-order valence-electron chi connectivity index (χ1n) is 6.55. The Morgan fingerprint density at radius 3 is 2.40 bits per heavy atom. The van der Waals surface area contributed by atoms with Gasteiger partial charge in [-0.1, -0.05) is 57.9 Å². The highest BCUT2D eigenvalue weighted by Crippen LogP contribution is 2.21. The van der Waals surface area contributed by atoms with Crippen molar-refractivity contribution in [1.82, 2.24) is 0 Å². The summed E-state index contributed by atoms with van der Waals surface area (Å²) in [5.74, 6) is 0.696. The number of carbonyl (C=O) groups is 1. The molecule has 1 unspecified atom stereocenters. The molecule has 86 valence electrons. The van der Waals surface area contributed by atoms with E-state index < -0.39 is 0 Å². The molecule has 0 radical (unpaired) electrons. The molecule has 0 fully saturated rings. The molecule has 0 spiro atoms. The molecule has 1 nitrogen and oxygen atoms in total. The number of hydrogen-bond acceptors (Lipinski definition) is 1. The molecular formula is C14H24O. The van der Waals surface area contributed by atoms with Crippen molar-refractivity contribution in [2.45, 2.75) is 64.7 Å². The minimum Gasteiger partial charge on any atom is -0.295 e. The molecule has 0 N–H and O–H groups in total. The van der Waals surface area contributed by atoms with Gasteiger partial charge in [-0.3, -0.25) is 4.79 Å². The van der Waals surface area contributed by atoms with Gasteiger partial charge in [0.05, 0.1) is 0 Å². The zero-order chi connectivity index (χ0) is 10.9. The molecule has 1 rings (SSSR count). The van der Waals surface area contributed by atoms with Gasteiger partial charge in [0.2, 0.25) is 0 Å². The van der Waals surface area contributed by atoms with Crippen molar-refractivity contribution in [2.24, 2.45) is 5.92 Å². The Bertz CT molecular complexity index is 205. The second-order valence-corrected chi connectivity index (χ2v) is 4.65. The zero-order valence-electron chi connectivity index (χ0n) is 10.0. The maximum Gasteiger partial charge on any atom is 0.158 e. The fraction of sp³-hybridized carbons (Fsp3) is 0.786. The van der Waals surface area contributed by atoms with Crippen LogP contribution in [0.5, 0.6) is 0 Å². The summed E-state index contributed by atoms with van der Waals surface area (Å²) in [5, 5.41) is 0. The van der Waals surface area contributed by atoms with Crippen LogP contribution in [0.2, 0.25) is 0 Å². The highest BCUT2D eigenvalue weighted by atomic mass is 16.1. The third kappa shape index (κ3) is 5.15. The van der Waals surface area contributed by atoms with Gasteiger partial charge >= 0.3 is 0 Å². The zero-order valence-corrected chi connectivity index (χ0v) is 10.0. The molecule has 15 heavy (non-hydrogen) atoms. The summed E-state index contributed by atoms with van der Waals surface area (Å²) >= 11 is 0. The van der Waals surface area contributed by atoms with Gasteiger partial charge in [0.25, 0.3) is 0 Å². The van der Waals surface area contributed by atoms with Crippen molar-refractivity contribution in [1.29, 1.82) is 0 Å². The Hall–Kier alpha value is -0.590. The number of carbonyl (C=O) groups excluding carboxylic acids is 1. The molecule has 0 bridgehead atoms. The maximum atomic E-state index is 11.3. The SMILES string of the molecule is CCCCCCCCCC1CC=CC1=O. The lowest BCUT2D eigenvalue weighted by atomic mass is 9.97. The molecule has 0 aromatic rings. The molecule has 0 heterocycles. The van der Waals surface area contributed by atoms with E-state index in [0.29, 0.717) is 11.7 Å². The monoisotopic (exact) mass is 208 g/mol. The van der Waals surface area contributed by atoms with E-state index in [0.717, 1.165) is 12.8 Å². The summed E-state index contributed by atoms with van der Waals surface area (Å²) in [7, 11) is 0. The van der Waals surface area contributed by atoms with Crippen LogP contribution in [-0.4, -0.2) is 5.78 Å². The van der Waals surface area contributed by atoms with Crippen molar-refractivity contribution in [3.05, 3.63) is 12.2 Å². The molecule has 0 aliphatic heterocycles. The first-order chi connectivity index (χ1) is 7.34. The Morgan fingerprint density at radius 2 is 1.80 bits per heavy atom. The molecule has 1 aliphatic rings. The smallest absolute Gasteiger partial charge is 0.158 e. The van der Waals surface area contributed by atoms with E-state index in [4.69, 9.17) is 0 Å². The first kappa shape index (κ1) is 12.5. The Labute approximate surface area is 93.9 Å². The summed E-state index contributed by atoms with van der Waals surface area (Å²) in [6.07, 6.45) is 15.3. The number of allylic oxidation sites excluding steroid dienone is 2. The third-order valence-electron chi connectivity index (χ3n) is 3.26. The number of unbranched alkanes of at least 4 members (excludes halogenated alkanes) is 6. The number of ketones is 1. The van der Waals surface area contributed by atoms with Gasteiger partial charge in [-0.2, -0.15) is 0 Å². The molecule has 1 heteroatoms. The van der Waals surface area contributed by atoms with E-state index in [9.17, 15) is 4.79 Å². The topological polar surface area (TPSA) is 17.1 Å². The van der Waals surface area contributed by atoms with Crippen LogP contribution in [-0.2, 0) is 4.79 Å². The van der Waals surface area contributed by atoms with Gasteiger partial charge in [0.15, 0.2) is 5.78 Å². The lowest BCUT2D eigenvalue weighted by molar-refractivity contribution is -0.117.